The second-order valence-corrected chi connectivity index (χ2v) is 5.63. The minimum atomic E-state index is -2.81. The summed E-state index contributed by atoms with van der Waals surface area (Å²) >= 11 is 1.73. The number of para-hydroxylation sites is 2. The van der Waals surface area contributed by atoms with E-state index in [2.05, 4.69) is 30.0 Å². The Bertz CT molecular complexity index is 554. The molecule has 0 fully saturated rings. The first-order valence-corrected chi connectivity index (χ1v) is 6.71. The van der Waals surface area contributed by atoms with Gasteiger partial charge in [0.15, 0.2) is 0 Å². The van der Waals surface area contributed by atoms with E-state index >= 15 is 0 Å². The molecular weight excluding hydrogens is 268 g/mol. The van der Waals surface area contributed by atoms with Crippen molar-refractivity contribution in [3.05, 3.63) is 45.6 Å². The first kappa shape index (κ1) is 13.8. The van der Waals surface area contributed by atoms with Gasteiger partial charge in [0, 0.05) is 16.3 Å². The van der Waals surface area contributed by atoms with Crippen LogP contribution >= 0.6 is 11.3 Å². The van der Waals surface area contributed by atoms with E-state index in [9.17, 15) is 8.78 Å². The monoisotopic (exact) mass is 283 g/mol. The van der Waals surface area contributed by atoms with Gasteiger partial charge < -0.3 is 10.1 Å². The van der Waals surface area contributed by atoms with Crippen LogP contribution in [0.1, 0.15) is 15.3 Å². The predicted molar refractivity (Wildman–Crippen MR) is 74.2 cm³/mol. The number of rotatable bonds is 5. The first-order valence-electron chi connectivity index (χ1n) is 5.90. The molecule has 0 aliphatic carbocycles. The van der Waals surface area contributed by atoms with Crippen LogP contribution in [0.2, 0.25) is 0 Å². The van der Waals surface area contributed by atoms with Crippen molar-refractivity contribution in [2.75, 3.05) is 5.32 Å². The molecule has 2 aromatic rings. The molecule has 0 radical (unpaired) electrons. The average Bonchev–Trinajstić information content (AvgIpc) is 2.66. The highest BCUT2D eigenvalue weighted by atomic mass is 32.1. The second kappa shape index (κ2) is 6.02. The highest BCUT2D eigenvalue weighted by molar-refractivity contribution is 7.12. The zero-order valence-corrected chi connectivity index (χ0v) is 11.6. The summed E-state index contributed by atoms with van der Waals surface area (Å²) < 4.78 is 29.0. The summed E-state index contributed by atoms with van der Waals surface area (Å²) in [6.45, 7) is 1.89. The van der Waals surface area contributed by atoms with Gasteiger partial charge in [-0.1, -0.05) is 12.1 Å². The lowest BCUT2D eigenvalue weighted by atomic mass is 10.2. The summed E-state index contributed by atoms with van der Waals surface area (Å²) in [5, 5.41) is 3.14. The number of ether oxygens (including phenoxy) is 1. The number of hydrogen-bond donors (Lipinski definition) is 1. The van der Waals surface area contributed by atoms with Crippen LogP contribution in [0.5, 0.6) is 5.75 Å². The van der Waals surface area contributed by atoms with Crippen molar-refractivity contribution >= 4 is 17.0 Å². The topological polar surface area (TPSA) is 21.3 Å². The van der Waals surface area contributed by atoms with E-state index in [0.717, 1.165) is 0 Å². The Morgan fingerprint density at radius 3 is 2.63 bits per heavy atom. The smallest absolute Gasteiger partial charge is 0.387 e. The van der Waals surface area contributed by atoms with Gasteiger partial charge in [0.05, 0.1) is 5.69 Å². The summed E-state index contributed by atoms with van der Waals surface area (Å²) in [5.41, 5.74) is 1.75. The zero-order valence-electron chi connectivity index (χ0n) is 10.7. The van der Waals surface area contributed by atoms with Gasteiger partial charge in [-0.25, -0.2) is 0 Å². The third kappa shape index (κ3) is 3.67. The summed E-state index contributed by atoms with van der Waals surface area (Å²) in [7, 11) is 0. The molecule has 1 N–H and O–H groups in total. The molecule has 0 unspecified atom stereocenters. The van der Waals surface area contributed by atoms with E-state index in [4.69, 9.17) is 0 Å². The van der Waals surface area contributed by atoms with Crippen molar-refractivity contribution < 1.29 is 13.5 Å². The maximum Gasteiger partial charge on any atom is 0.387 e. The molecule has 1 heterocycles. The number of hydrogen-bond acceptors (Lipinski definition) is 3. The quantitative estimate of drug-likeness (QED) is 0.867. The molecule has 2 rings (SSSR count). The lowest BCUT2D eigenvalue weighted by molar-refractivity contribution is -0.0493. The van der Waals surface area contributed by atoms with E-state index < -0.39 is 6.61 Å². The molecule has 19 heavy (non-hydrogen) atoms. The Kier molecular flexibility index (Phi) is 4.37. The van der Waals surface area contributed by atoms with Gasteiger partial charge in [0.2, 0.25) is 0 Å². The van der Waals surface area contributed by atoms with Gasteiger partial charge in [0.1, 0.15) is 5.75 Å². The van der Waals surface area contributed by atoms with Crippen LogP contribution in [0.15, 0.2) is 30.3 Å². The first-order chi connectivity index (χ1) is 9.06. The van der Waals surface area contributed by atoms with Crippen LogP contribution in [-0.4, -0.2) is 6.61 Å². The van der Waals surface area contributed by atoms with Gasteiger partial charge in [-0.15, -0.1) is 11.3 Å². The summed E-state index contributed by atoms with van der Waals surface area (Å²) in [6, 6.07) is 8.81. The standard InChI is InChI=1S/C14H15F2NOS/c1-9-7-11(10(2)19-9)8-17-12-5-3-4-6-13(12)18-14(15)16/h3-7,14,17H,8H2,1-2H3. The maximum absolute atomic E-state index is 12.3. The Hall–Kier alpha value is -1.62. The van der Waals surface area contributed by atoms with E-state index in [1.54, 1.807) is 29.5 Å². The van der Waals surface area contributed by atoms with Crippen molar-refractivity contribution in [2.24, 2.45) is 0 Å². The third-order valence-electron chi connectivity index (χ3n) is 2.72. The molecule has 5 heteroatoms. The summed E-state index contributed by atoms with van der Waals surface area (Å²) in [6.07, 6.45) is 0. The van der Waals surface area contributed by atoms with Crippen LogP contribution in [0, 0.1) is 13.8 Å². The molecule has 0 spiro atoms. The molecule has 0 saturated heterocycles. The number of alkyl halides is 2. The Labute approximate surface area is 115 Å². The lowest BCUT2D eigenvalue weighted by Crippen LogP contribution is -2.06. The minimum absolute atomic E-state index is 0.169. The van der Waals surface area contributed by atoms with Crippen LogP contribution in [0.4, 0.5) is 14.5 Å². The number of halogens is 2. The van der Waals surface area contributed by atoms with Crippen LogP contribution in [0.3, 0.4) is 0 Å². The van der Waals surface area contributed by atoms with Crippen LogP contribution in [0.25, 0.3) is 0 Å². The molecule has 0 atom stereocenters. The Balaban J connectivity index is 2.09. The number of nitrogens with one attached hydrogen (secondary N) is 1. The normalized spacial score (nSPS) is 10.8. The largest absolute Gasteiger partial charge is 0.433 e. The number of aryl methyl sites for hydroxylation is 2. The van der Waals surface area contributed by atoms with E-state index in [1.807, 2.05) is 0 Å². The van der Waals surface area contributed by atoms with E-state index in [-0.39, 0.29) is 5.75 Å². The molecule has 2 nitrogen and oxygen atoms in total. The molecule has 1 aromatic heterocycles. The minimum Gasteiger partial charge on any atom is -0.433 e. The van der Waals surface area contributed by atoms with Gasteiger partial charge in [-0.05, 0) is 37.6 Å². The maximum atomic E-state index is 12.3. The number of thiophene rings is 1. The summed E-state index contributed by atoms with van der Waals surface area (Å²) in [5.74, 6) is 0.169. The highest BCUT2D eigenvalue weighted by Gasteiger charge is 2.09. The van der Waals surface area contributed by atoms with Crippen molar-refractivity contribution in [3.8, 4) is 5.75 Å². The average molecular weight is 283 g/mol. The fourth-order valence-corrected chi connectivity index (χ4v) is 2.81. The number of anilines is 1. The Morgan fingerprint density at radius 1 is 1.26 bits per heavy atom. The van der Waals surface area contributed by atoms with Crippen LogP contribution in [-0.2, 0) is 6.54 Å². The summed E-state index contributed by atoms with van der Waals surface area (Å²) in [4.78, 5) is 2.48. The second-order valence-electron chi connectivity index (χ2n) is 4.17. The molecule has 0 saturated carbocycles. The van der Waals surface area contributed by atoms with Gasteiger partial charge in [-0.2, -0.15) is 8.78 Å². The molecule has 0 aliphatic rings. The molecule has 102 valence electrons. The van der Waals surface area contributed by atoms with E-state index in [0.29, 0.717) is 12.2 Å². The molecule has 0 amide bonds. The highest BCUT2D eigenvalue weighted by Crippen LogP contribution is 2.27. The SMILES string of the molecule is Cc1cc(CNc2ccccc2OC(F)F)c(C)s1. The fraction of sp³-hybridized carbons (Fsp3) is 0.286. The molecule has 1 aromatic carbocycles. The van der Waals surface area contributed by atoms with Crippen molar-refractivity contribution in [1.29, 1.82) is 0 Å². The van der Waals surface area contributed by atoms with Crippen molar-refractivity contribution in [1.82, 2.24) is 0 Å². The van der Waals surface area contributed by atoms with Gasteiger partial charge in [-0.3, -0.25) is 0 Å². The zero-order chi connectivity index (χ0) is 13.8. The Morgan fingerprint density at radius 2 is 2.00 bits per heavy atom. The molecule has 0 aliphatic heterocycles. The molecular formula is C14H15F2NOS. The van der Waals surface area contributed by atoms with Gasteiger partial charge >= 0.3 is 6.61 Å². The fourth-order valence-electron chi connectivity index (χ4n) is 1.86. The van der Waals surface area contributed by atoms with Crippen molar-refractivity contribution in [3.63, 3.8) is 0 Å². The molecule has 0 bridgehead atoms. The predicted octanol–water partition coefficient (Wildman–Crippen LogP) is 4.58. The lowest BCUT2D eigenvalue weighted by Gasteiger charge is -2.12. The van der Waals surface area contributed by atoms with Gasteiger partial charge in [0.25, 0.3) is 0 Å². The third-order valence-corrected chi connectivity index (χ3v) is 3.72. The van der Waals surface area contributed by atoms with E-state index in [1.165, 1.54) is 21.4 Å². The van der Waals surface area contributed by atoms with Crippen LogP contribution < -0.4 is 10.1 Å². The number of benzene rings is 1. The van der Waals surface area contributed by atoms with Crippen molar-refractivity contribution in [2.45, 2.75) is 27.0 Å².